The second-order valence-corrected chi connectivity index (χ2v) is 11.6. The molecule has 0 unspecified atom stereocenters. The van der Waals surface area contributed by atoms with Crippen LogP contribution in [0.25, 0.3) is 0 Å². The van der Waals surface area contributed by atoms with Crippen molar-refractivity contribution in [2.75, 3.05) is 23.9 Å². The zero-order valence-corrected chi connectivity index (χ0v) is 24.2. The number of nitrogens with zero attached hydrogens (tertiary/aromatic N) is 2. The van der Waals surface area contributed by atoms with Crippen molar-refractivity contribution in [3.05, 3.63) is 95.0 Å². The Morgan fingerprint density at radius 2 is 1.56 bits per heavy atom. The molecule has 3 aromatic carbocycles. The third-order valence-electron chi connectivity index (χ3n) is 6.42. The monoisotopic (exact) mass is 569 g/mol. The molecule has 9 heteroatoms. The Labute approximate surface area is 236 Å². The number of hydrogen-bond acceptors (Lipinski definition) is 4. The lowest BCUT2D eigenvalue weighted by atomic mass is 10.1. The standard InChI is InChI=1S/C30H36ClN3O4S/c1-4-20-32-30(36)28(5-2)33(21-19-24-9-7-6-8-10-24)29(35)22-34(26-15-13-25(31)14-16-26)39(37,38)27-17-11-23(3)12-18-27/h6-18,28H,4-5,19-22H2,1-3H3,(H,32,36)/t28-/m0/s1. The summed E-state index contributed by atoms with van der Waals surface area (Å²) in [6.07, 6.45) is 1.68. The smallest absolute Gasteiger partial charge is 0.264 e. The molecular formula is C30H36ClN3O4S. The Morgan fingerprint density at radius 1 is 0.923 bits per heavy atom. The molecule has 0 aromatic heterocycles. The topological polar surface area (TPSA) is 86.8 Å². The van der Waals surface area contributed by atoms with Gasteiger partial charge in [-0.25, -0.2) is 8.42 Å². The van der Waals surface area contributed by atoms with E-state index in [1.165, 1.54) is 17.0 Å². The first kappa shape index (κ1) is 30.2. The maximum Gasteiger partial charge on any atom is 0.264 e. The Morgan fingerprint density at radius 3 is 2.15 bits per heavy atom. The number of sulfonamides is 1. The minimum absolute atomic E-state index is 0.0689. The van der Waals surface area contributed by atoms with Crippen LogP contribution in [0.5, 0.6) is 0 Å². The van der Waals surface area contributed by atoms with Crippen LogP contribution in [0.4, 0.5) is 5.69 Å². The van der Waals surface area contributed by atoms with Gasteiger partial charge in [-0.05, 0) is 68.1 Å². The van der Waals surface area contributed by atoms with Crippen molar-refractivity contribution in [1.29, 1.82) is 0 Å². The van der Waals surface area contributed by atoms with E-state index in [9.17, 15) is 18.0 Å². The molecule has 3 rings (SSSR count). The van der Waals surface area contributed by atoms with Crippen molar-refractivity contribution in [1.82, 2.24) is 10.2 Å². The largest absolute Gasteiger partial charge is 0.354 e. The van der Waals surface area contributed by atoms with Gasteiger partial charge in [-0.3, -0.25) is 13.9 Å². The number of anilines is 1. The van der Waals surface area contributed by atoms with Crippen LogP contribution >= 0.6 is 11.6 Å². The van der Waals surface area contributed by atoms with Crippen molar-refractivity contribution >= 4 is 39.1 Å². The molecule has 0 heterocycles. The van der Waals surface area contributed by atoms with Gasteiger partial charge in [0.05, 0.1) is 10.6 Å². The number of nitrogens with one attached hydrogen (secondary N) is 1. The number of carbonyl (C=O) groups is 2. The molecule has 7 nitrogen and oxygen atoms in total. The van der Waals surface area contributed by atoms with E-state index in [0.717, 1.165) is 21.9 Å². The SMILES string of the molecule is CCCNC(=O)[C@H](CC)N(CCc1ccccc1)C(=O)CN(c1ccc(Cl)cc1)S(=O)(=O)c1ccc(C)cc1. The third kappa shape index (κ3) is 8.07. The average molecular weight is 570 g/mol. The lowest BCUT2D eigenvalue weighted by Gasteiger charge is -2.33. The molecule has 2 amide bonds. The van der Waals surface area contributed by atoms with E-state index >= 15 is 0 Å². The Bertz CT molecular complexity index is 1330. The quantitative estimate of drug-likeness (QED) is 0.306. The average Bonchev–Trinajstić information content (AvgIpc) is 2.93. The zero-order valence-electron chi connectivity index (χ0n) is 22.6. The van der Waals surface area contributed by atoms with Gasteiger partial charge in [0.2, 0.25) is 11.8 Å². The minimum Gasteiger partial charge on any atom is -0.354 e. The van der Waals surface area contributed by atoms with Crippen molar-refractivity contribution < 1.29 is 18.0 Å². The first-order valence-corrected chi connectivity index (χ1v) is 14.9. The third-order valence-corrected chi connectivity index (χ3v) is 8.46. The summed E-state index contributed by atoms with van der Waals surface area (Å²) in [4.78, 5) is 28.6. The highest BCUT2D eigenvalue weighted by Gasteiger charge is 2.33. The Kier molecular flexibility index (Phi) is 10.9. The van der Waals surface area contributed by atoms with Gasteiger partial charge in [-0.1, -0.05) is 73.5 Å². The number of amides is 2. The van der Waals surface area contributed by atoms with Gasteiger partial charge in [0, 0.05) is 18.1 Å². The first-order valence-electron chi connectivity index (χ1n) is 13.1. The van der Waals surface area contributed by atoms with E-state index < -0.39 is 28.5 Å². The Hall–Kier alpha value is -3.36. The van der Waals surface area contributed by atoms with Crippen LogP contribution in [0.2, 0.25) is 5.02 Å². The fourth-order valence-corrected chi connectivity index (χ4v) is 5.78. The predicted molar refractivity (Wildman–Crippen MR) is 156 cm³/mol. The summed E-state index contributed by atoms with van der Waals surface area (Å²) >= 11 is 6.07. The summed E-state index contributed by atoms with van der Waals surface area (Å²) in [6.45, 7) is 5.97. The molecular weight excluding hydrogens is 534 g/mol. The van der Waals surface area contributed by atoms with Crippen LogP contribution in [0.1, 0.15) is 37.8 Å². The van der Waals surface area contributed by atoms with Gasteiger partial charge in [-0.2, -0.15) is 0 Å². The maximum absolute atomic E-state index is 13.9. The van der Waals surface area contributed by atoms with Crippen LogP contribution < -0.4 is 9.62 Å². The molecule has 0 spiro atoms. The highest BCUT2D eigenvalue weighted by Crippen LogP contribution is 2.26. The van der Waals surface area contributed by atoms with Crippen LogP contribution in [0, 0.1) is 6.92 Å². The molecule has 0 fully saturated rings. The summed E-state index contributed by atoms with van der Waals surface area (Å²) in [7, 11) is -4.10. The maximum atomic E-state index is 13.9. The molecule has 1 atom stereocenters. The van der Waals surface area contributed by atoms with Crippen molar-refractivity contribution in [2.24, 2.45) is 0 Å². The fraction of sp³-hybridized carbons (Fsp3) is 0.333. The number of rotatable bonds is 13. The predicted octanol–water partition coefficient (Wildman–Crippen LogP) is 5.22. The highest BCUT2D eigenvalue weighted by molar-refractivity contribution is 7.92. The number of carbonyl (C=O) groups excluding carboxylic acids is 2. The molecule has 0 bridgehead atoms. The summed E-state index contributed by atoms with van der Waals surface area (Å²) in [5.74, 6) is -0.713. The van der Waals surface area contributed by atoms with Crippen molar-refractivity contribution in [3.63, 3.8) is 0 Å². The summed E-state index contributed by atoms with van der Waals surface area (Å²) in [5, 5.41) is 3.34. The number of aryl methyl sites for hydroxylation is 1. The molecule has 0 aliphatic heterocycles. The second-order valence-electron chi connectivity index (χ2n) is 9.34. The molecule has 1 N–H and O–H groups in total. The van der Waals surface area contributed by atoms with Gasteiger partial charge in [0.25, 0.3) is 10.0 Å². The molecule has 39 heavy (non-hydrogen) atoms. The minimum atomic E-state index is -4.10. The van der Waals surface area contributed by atoms with Gasteiger partial charge < -0.3 is 10.2 Å². The van der Waals surface area contributed by atoms with Crippen molar-refractivity contribution in [3.8, 4) is 0 Å². The van der Waals surface area contributed by atoms with E-state index in [0.29, 0.717) is 30.1 Å². The van der Waals surface area contributed by atoms with E-state index in [4.69, 9.17) is 11.6 Å². The second kappa shape index (κ2) is 14.1. The van der Waals surface area contributed by atoms with Crippen molar-refractivity contribution in [2.45, 2.75) is 51.0 Å². The van der Waals surface area contributed by atoms with E-state index in [1.54, 1.807) is 36.4 Å². The lowest BCUT2D eigenvalue weighted by molar-refractivity contribution is -0.139. The number of hydrogen-bond donors (Lipinski definition) is 1. The van der Waals surface area contributed by atoms with Gasteiger partial charge >= 0.3 is 0 Å². The molecule has 0 saturated heterocycles. The summed E-state index contributed by atoms with van der Waals surface area (Å²) < 4.78 is 28.7. The molecule has 208 valence electrons. The van der Waals surface area contributed by atoms with Gasteiger partial charge in [0.1, 0.15) is 12.6 Å². The molecule has 0 aliphatic carbocycles. The number of benzene rings is 3. The zero-order chi connectivity index (χ0) is 28.4. The molecule has 3 aromatic rings. The summed E-state index contributed by atoms with van der Waals surface area (Å²) in [6, 6.07) is 21.7. The van der Waals surface area contributed by atoms with E-state index in [-0.39, 0.29) is 17.3 Å². The normalized spacial score (nSPS) is 12.0. The van der Waals surface area contributed by atoms with Crippen LogP contribution in [0.3, 0.4) is 0 Å². The summed E-state index contributed by atoms with van der Waals surface area (Å²) in [5.41, 5.74) is 2.24. The molecule has 0 radical (unpaired) electrons. The first-order chi connectivity index (χ1) is 18.7. The van der Waals surface area contributed by atoms with Crippen LogP contribution in [-0.2, 0) is 26.0 Å². The fourth-order valence-electron chi connectivity index (χ4n) is 4.24. The highest BCUT2D eigenvalue weighted by atomic mass is 35.5. The lowest BCUT2D eigenvalue weighted by Crippen LogP contribution is -2.53. The number of halogens is 1. The van der Waals surface area contributed by atoms with Gasteiger partial charge in [0.15, 0.2) is 0 Å². The van der Waals surface area contributed by atoms with E-state index in [2.05, 4.69) is 5.32 Å². The van der Waals surface area contributed by atoms with E-state index in [1.807, 2.05) is 51.1 Å². The van der Waals surface area contributed by atoms with Crippen LogP contribution in [-0.4, -0.2) is 50.8 Å². The molecule has 0 saturated carbocycles. The van der Waals surface area contributed by atoms with Crippen LogP contribution in [0.15, 0.2) is 83.8 Å². The molecule has 0 aliphatic rings. The van der Waals surface area contributed by atoms with Gasteiger partial charge in [-0.15, -0.1) is 0 Å². The Balaban J connectivity index is 1.99.